The Morgan fingerprint density at radius 3 is 2.28 bits per heavy atom. The smallest absolute Gasteiger partial charge is 0.328 e. The van der Waals surface area contributed by atoms with Gasteiger partial charge < -0.3 is 15.4 Å². The van der Waals surface area contributed by atoms with E-state index in [0.29, 0.717) is 12.0 Å². The Morgan fingerprint density at radius 2 is 1.66 bits per heavy atom. The van der Waals surface area contributed by atoms with E-state index in [0.717, 1.165) is 32.1 Å². The summed E-state index contributed by atoms with van der Waals surface area (Å²) >= 11 is 0. The van der Waals surface area contributed by atoms with E-state index >= 15 is 0 Å². The first-order valence-corrected chi connectivity index (χ1v) is 10.3. The summed E-state index contributed by atoms with van der Waals surface area (Å²) < 4.78 is 18.8. The van der Waals surface area contributed by atoms with Crippen LogP contribution in [-0.2, 0) is 25.5 Å². The molecule has 162 valence electrons. The molecule has 0 aliphatic carbocycles. The van der Waals surface area contributed by atoms with Crippen LogP contribution in [0.3, 0.4) is 0 Å². The molecule has 2 amide bonds. The van der Waals surface area contributed by atoms with Crippen molar-refractivity contribution in [3.8, 4) is 0 Å². The number of amides is 2. The van der Waals surface area contributed by atoms with Crippen molar-refractivity contribution in [2.24, 2.45) is 0 Å². The fraction of sp³-hybridized carbons (Fsp3) is 0.591. The van der Waals surface area contributed by atoms with E-state index in [9.17, 15) is 18.8 Å². The number of hydrogen-bond acceptors (Lipinski definition) is 4. The Hall–Kier alpha value is -2.44. The molecule has 0 spiro atoms. The van der Waals surface area contributed by atoms with Gasteiger partial charge in [-0.05, 0) is 18.1 Å². The van der Waals surface area contributed by atoms with Crippen molar-refractivity contribution in [1.29, 1.82) is 0 Å². The van der Waals surface area contributed by atoms with Crippen LogP contribution in [0.2, 0.25) is 0 Å². The lowest BCUT2D eigenvalue weighted by Crippen LogP contribution is -2.52. The van der Waals surface area contributed by atoms with Crippen molar-refractivity contribution in [1.82, 2.24) is 10.6 Å². The molecule has 0 unspecified atom stereocenters. The van der Waals surface area contributed by atoms with Gasteiger partial charge in [0, 0.05) is 13.3 Å². The van der Waals surface area contributed by atoms with Gasteiger partial charge in [0.05, 0.1) is 7.11 Å². The third-order valence-electron chi connectivity index (χ3n) is 4.72. The maximum atomic E-state index is 14.0. The first-order valence-electron chi connectivity index (χ1n) is 10.3. The first kappa shape index (κ1) is 24.6. The van der Waals surface area contributed by atoms with Crippen LogP contribution in [-0.4, -0.2) is 37.0 Å². The average Bonchev–Trinajstić information content (AvgIpc) is 2.69. The molecule has 0 fully saturated rings. The van der Waals surface area contributed by atoms with Gasteiger partial charge in [-0.25, -0.2) is 9.18 Å². The minimum Gasteiger partial charge on any atom is -0.467 e. The number of benzene rings is 1. The molecule has 6 nitrogen and oxygen atoms in total. The molecule has 1 aromatic carbocycles. The van der Waals surface area contributed by atoms with Crippen LogP contribution in [0.25, 0.3) is 0 Å². The second-order valence-electron chi connectivity index (χ2n) is 7.19. The van der Waals surface area contributed by atoms with Crippen molar-refractivity contribution in [2.75, 3.05) is 7.11 Å². The minimum absolute atomic E-state index is 0.0109. The predicted octanol–water partition coefficient (Wildman–Crippen LogP) is 3.28. The van der Waals surface area contributed by atoms with Crippen LogP contribution in [0.5, 0.6) is 0 Å². The lowest BCUT2D eigenvalue weighted by atomic mass is 10.0. The number of unbranched alkanes of at least 4 members (excludes halogenated alkanes) is 5. The van der Waals surface area contributed by atoms with Crippen LogP contribution in [0.15, 0.2) is 24.3 Å². The second kappa shape index (κ2) is 13.7. The number of carbonyl (C=O) groups is 3. The molecular weight excluding hydrogens is 375 g/mol. The molecule has 29 heavy (non-hydrogen) atoms. The van der Waals surface area contributed by atoms with Crippen molar-refractivity contribution in [3.05, 3.63) is 35.6 Å². The molecule has 0 bridgehead atoms. The monoisotopic (exact) mass is 408 g/mol. The molecule has 2 N–H and O–H groups in total. The predicted molar refractivity (Wildman–Crippen MR) is 110 cm³/mol. The lowest BCUT2D eigenvalue weighted by Gasteiger charge is -2.22. The zero-order valence-corrected chi connectivity index (χ0v) is 17.6. The summed E-state index contributed by atoms with van der Waals surface area (Å²) in [5.41, 5.74) is 0.312. The Kier molecular flexibility index (Phi) is 11.6. The summed E-state index contributed by atoms with van der Waals surface area (Å²) in [7, 11) is 1.27. The van der Waals surface area contributed by atoms with E-state index in [4.69, 9.17) is 4.74 Å². The molecule has 1 aromatic rings. The van der Waals surface area contributed by atoms with Gasteiger partial charge in [-0.3, -0.25) is 9.59 Å². The molecule has 0 heterocycles. The van der Waals surface area contributed by atoms with E-state index in [2.05, 4.69) is 17.6 Å². The van der Waals surface area contributed by atoms with E-state index in [1.165, 1.54) is 26.5 Å². The SMILES string of the molecule is CCCCCCCC[C@H](NC(=O)[C@H](Cc1ccccc1F)NC(C)=O)C(=O)OC. The molecule has 0 saturated carbocycles. The van der Waals surface area contributed by atoms with Crippen molar-refractivity contribution in [2.45, 2.75) is 77.3 Å². The lowest BCUT2D eigenvalue weighted by molar-refractivity contribution is -0.145. The standard InChI is InChI=1S/C22H33FN2O4/c1-4-5-6-7-8-9-14-19(22(28)29-3)25-21(27)20(24-16(2)26)15-17-12-10-11-13-18(17)23/h10-13,19-20H,4-9,14-15H2,1-3H3,(H,24,26)(H,25,27)/t19-,20-/m0/s1. The van der Waals surface area contributed by atoms with Crippen LogP contribution in [0.1, 0.15) is 64.4 Å². The number of carbonyl (C=O) groups excluding carboxylic acids is 3. The van der Waals surface area contributed by atoms with Gasteiger partial charge in [0.2, 0.25) is 11.8 Å². The number of nitrogens with one attached hydrogen (secondary N) is 2. The number of hydrogen-bond donors (Lipinski definition) is 2. The molecule has 1 rings (SSSR count). The first-order chi connectivity index (χ1) is 13.9. The fourth-order valence-corrected chi connectivity index (χ4v) is 3.13. The Bertz CT molecular complexity index is 666. The number of halogens is 1. The highest BCUT2D eigenvalue weighted by Crippen LogP contribution is 2.12. The summed E-state index contributed by atoms with van der Waals surface area (Å²) in [4.78, 5) is 36.4. The summed E-state index contributed by atoms with van der Waals surface area (Å²) in [6.07, 6.45) is 6.77. The third kappa shape index (κ3) is 9.54. The molecule has 0 saturated heterocycles. The topological polar surface area (TPSA) is 84.5 Å². The minimum atomic E-state index is -0.985. The molecule has 7 heteroatoms. The third-order valence-corrected chi connectivity index (χ3v) is 4.72. The molecule has 2 atom stereocenters. The van der Waals surface area contributed by atoms with E-state index in [1.807, 2.05) is 0 Å². The van der Waals surface area contributed by atoms with E-state index in [1.54, 1.807) is 18.2 Å². The van der Waals surface area contributed by atoms with Crippen molar-refractivity contribution in [3.63, 3.8) is 0 Å². The largest absolute Gasteiger partial charge is 0.467 e. The van der Waals surface area contributed by atoms with Crippen LogP contribution < -0.4 is 10.6 Å². The Balaban J connectivity index is 2.74. The van der Waals surface area contributed by atoms with Crippen molar-refractivity contribution >= 4 is 17.8 Å². The molecule has 0 radical (unpaired) electrons. The molecule has 0 aromatic heterocycles. The van der Waals surface area contributed by atoms with Crippen molar-refractivity contribution < 1.29 is 23.5 Å². The zero-order chi connectivity index (χ0) is 21.6. The van der Waals surface area contributed by atoms with Crippen LogP contribution >= 0.6 is 0 Å². The highest BCUT2D eigenvalue weighted by atomic mass is 19.1. The maximum Gasteiger partial charge on any atom is 0.328 e. The van der Waals surface area contributed by atoms with E-state index < -0.39 is 35.7 Å². The number of ether oxygens (including phenoxy) is 1. The van der Waals surface area contributed by atoms with Gasteiger partial charge in [-0.15, -0.1) is 0 Å². The van der Waals surface area contributed by atoms with Gasteiger partial charge in [-0.1, -0.05) is 63.6 Å². The summed E-state index contributed by atoms with van der Waals surface area (Å²) in [5.74, 6) is -1.93. The van der Waals surface area contributed by atoms with Gasteiger partial charge in [0.1, 0.15) is 17.9 Å². The number of esters is 1. The molecule has 0 aliphatic heterocycles. The maximum absolute atomic E-state index is 14.0. The van der Waals surface area contributed by atoms with Gasteiger partial charge in [-0.2, -0.15) is 0 Å². The average molecular weight is 409 g/mol. The normalized spacial score (nSPS) is 12.7. The number of methoxy groups -OCH3 is 1. The highest BCUT2D eigenvalue weighted by molar-refractivity contribution is 5.90. The van der Waals surface area contributed by atoms with Gasteiger partial charge in [0.25, 0.3) is 0 Å². The zero-order valence-electron chi connectivity index (χ0n) is 17.6. The summed E-state index contributed by atoms with van der Waals surface area (Å²) in [6.45, 7) is 3.44. The molecule has 0 aliphatic rings. The van der Waals surface area contributed by atoms with Crippen LogP contribution in [0.4, 0.5) is 4.39 Å². The van der Waals surface area contributed by atoms with Gasteiger partial charge >= 0.3 is 5.97 Å². The number of rotatable bonds is 13. The highest BCUT2D eigenvalue weighted by Gasteiger charge is 2.27. The quantitative estimate of drug-likeness (QED) is 0.387. The molecular formula is C22H33FN2O4. The summed E-state index contributed by atoms with van der Waals surface area (Å²) in [6, 6.07) is 4.30. The summed E-state index contributed by atoms with van der Waals surface area (Å²) in [5, 5.41) is 5.20. The van der Waals surface area contributed by atoms with Gasteiger partial charge in [0.15, 0.2) is 0 Å². The van der Waals surface area contributed by atoms with Crippen LogP contribution in [0, 0.1) is 5.82 Å². The fourth-order valence-electron chi connectivity index (χ4n) is 3.13. The Labute approximate surface area is 172 Å². The Morgan fingerprint density at radius 1 is 1.00 bits per heavy atom. The van der Waals surface area contributed by atoms with E-state index in [-0.39, 0.29) is 6.42 Å². The second-order valence-corrected chi connectivity index (χ2v) is 7.19.